The first-order valence-electron chi connectivity index (χ1n) is 7.30. The maximum Gasteiger partial charge on any atom is 0.257 e. The SMILES string of the molecule is CCNCc1cn[nH]c1S(=O)(=O)NCC1(C2CC2)CC1. The molecule has 0 bridgehead atoms. The third-order valence-corrected chi connectivity index (χ3v) is 5.88. The fraction of sp³-hybridized carbons (Fsp3) is 0.769. The van der Waals surface area contributed by atoms with Gasteiger partial charge in [0.1, 0.15) is 0 Å². The largest absolute Gasteiger partial charge is 0.313 e. The van der Waals surface area contributed by atoms with Gasteiger partial charge in [0.25, 0.3) is 10.0 Å². The molecular weight excluding hydrogens is 276 g/mol. The van der Waals surface area contributed by atoms with Crippen molar-refractivity contribution >= 4 is 10.0 Å². The summed E-state index contributed by atoms with van der Waals surface area (Å²) in [6.45, 7) is 3.86. The van der Waals surface area contributed by atoms with Crippen LogP contribution in [-0.4, -0.2) is 31.7 Å². The Kier molecular flexibility index (Phi) is 3.60. The Labute approximate surface area is 119 Å². The van der Waals surface area contributed by atoms with E-state index in [-0.39, 0.29) is 10.4 Å². The van der Waals surface area contributed by atoms with E-state index in [4.69, 9.17) is 0 Å². The van der Waals surface area contributed by atoms with Gasteiger partial charge >= 0.3 is 0 Å². The van der Waals surface area contributed by atoms with E-state index in [1.807, 2.05) is 6.92 Å². The lowest BCUT2D eigenvalue weighted by Gasteiger charge is -2.15. The molecule has 0 spiro atoms. The van der Waals surface area contributed by atoms with Gasteiger partial charge in [-0.15, -0.1) is 0 Å². The number of aromatic nitrogens is 2. The lowest BCUT2D eigenvalue weighted by molar-refractivity contribution is 0.431. The fourth-order valence-corrected chi connectivity index (χ4v) is 4.08. The van der Waals surface area contributed by atoms with Crippen molar-refractivity contribution in [2.24, 2.45) is 11.3 Å². The normalized spacial score (nSPS) is 21.1. The zero-order chi connectivity index (χ0) is 14.2. The third kappa shape index (κ3) is 2.75. The summed E-state index contributed by atoms with van der Waals surface area (Å²) < 4.78 is 27.5. The molecule has 0 saturated heterocycles. The predicted molar refractivity (Wildman–Crippen MR) is 75.5 cm³/mol. The molecule has 112 valence electrons. The van der Waals surface area contributed by atoms with Crippen molar-refractivity contribution in [2.75, 3.05) is 13.1 Å². The highest BCUT2D eigenvalue weighted by molar-refractivity contribution is 7.89. The van der Waals surface area contributed by atoms with Gasteiger partial charge in [-0.05, 0) is 43.6 Å². The lowest BCUT2D eigenvalue weighted by atomic mass is 10.0. The van der Waals surface area contributed by atoms with Crippen LogP contribution in [0.1, 0.15) is 38.2 Å². The van der Waals surface area contributed by atoms with Crippen molar-refractivity contribution in [3.8, 4) is 0 Å². The maximum atomic E-state index is 12.4. The summed E-state index contributed by atoms with van der Waals surface area (Å²) in [7, 11) is -3.49. The summed E-state index contributed by atoms with van der Waals surface area (Å²) in [5, 5.41) is 9.80. The van der Waals surface area contributed by atoms with Crippen LogP contribution in [0.5, 0.6) is 0 Å². The standard InChI is InChI=1S/C13H22N4O2S/c1-2-14-7-10-8-15-17-12(10)20(18,19)16-9-13(5-6-13)11-3-4-11/h8,11,14,16H,2-7,9H2,1H3,(H,15,17). The summed E-state index contributed by atoms with van der Waals surface area (Å²) in [5.41, 5.74) is 0.949. The van der Waals surface area contributed by atoms with Crippen LogP contribution in [0.3, 0.4) is 0 Å². The number of aromatic amines is 1. The zero-order valence-corrected chi connectivity index (χ0v) is 12.6. The Hall–Kier alpha value is -0.920. The van der Waals surface area contributed by atoms with Gasteiger partial charge in [0.15, 0.2) is 5.03 Å². The summed E-state index contributed by atoms with van der Waals surface area (Å²) in [4.78, 5) is 0. The number of hydrogen-bond acceptors (Lipinski definition) is 4. The van der Waals surface area contributed by atoms with E-state index in [1.54, 1.807) is 6.20 Å². The Morgan fingerprint density at radius 1 is 1.45 bits per heavy atom. The van der Waals surface area contributed by atoms with Gasteiger partial charge in [-0.2, -0.15) is 5.10 Å². The van der Waals surface area contributed by atoms with E-state index in [0.29, 0.717) is 18.7 Å². The number of sulfonamides is 1. The average molecular weight is 298 g/mol. The first-order chi connectivity index (χ1) is 9.57. The molecule has 2 aliphatic rings. The second-order valence-corrected chi connectivity index (χ2v) is 7.67. The van der Waals surface area contributed by atoms with Gasteiger partial charge in [-0.25, -0.2) is 13.1 Å². The molecule has 20 heavy (non-hydrogen) atoms. The summed E-state index contributed by atoms with van der Waals surface area (Å²) in [5.74, 6) is 0.744. The van der Waals surface area contributed by atoms with E-state index in [2.05, 4.69) is 20.2 Å². The van der Waals surface area contributed by atoms with Crippen molar-refractivity contribution in [3.05, 3.63) is 11.8 Å². The monoisotopic (exact) mass is 298 g/mol. The number of nitrogens with one attached hydrogen (secondary N) is 3. The molecule has 3 rings (SSSR count). The molecule has 1 aromatic heterocycles. The van der Waals surface area contributed by atoms with Crippen LogP contribution in [0.4, 0.5) is 0 Å². The summed E-state index contributed by atoms with van der Waals surface area (Å²) in [6.07, 6.45) is 6.42. The van der Waals surface area contributed by atoms with Gasteiger partial charge in [-0.3, -0.25) is 5.10 Å². The number of hydrogen-bond donors (Lipinski definition) is 3. The zero-order valence-electron chi connectivity index (χ0n) is 11.8. The van der Waals surface area contributed by atoms with Crippen molar-refractivity contribution < 1.29 is 8.42 Å². The number of H-pyrrole nitrogens is 1. The Morgan fingerprint density at radius 2 is 2.20 bits per heavy atom. The minimum absolute atomic E-state index is 0.199. The van der Waals surface area contributed by atoms with Crippen LogP contribution < -0.4 is 10.0 Å². The highest BCUT2D eigenvalue weighted by atomic mass is 32.2. The molecule has 1 heterocycles. The van der Waals surface area contributed by atoms with Crippen LogP contribution in [-0.2, 0) is 16.6 Å². The Balaban J connectivity index is 1.67. The average Bonchev–Trinajstić information content (AvgIpc) is 3.31. The van der Waals surface area contributed by atoms with Gasteiger partial charge < -0.3 is 5.32 Å². The van der Waals surface area contributed by atoms with E-state index >= 15 is 0 Å². The molecule has 2 saturated carbocycles. The highest BCUT2D eigenvalue weighted by Gasteiger charge is 2.53. The van der Waals surface area contributed by atoms with Crippen molar-refractivity contribution in [2.45, 2.75) is 44.2 Å². The second-order valence-electron chi connectivity index (χ2n) is 5.97. The highest BCUT2D eigenvalue weighted by Crippen LogP contribution is 2.60. The van der Waals surface area contributed by atoms with Crippen molar-refractivity contribution in [3.63, 3.8) is 0 Å². The lowest BCUT2D eigenvalue weighted by Crippen LogP contribution is -2.32. The van der Waals surface area contributed by atoms with Crippen molar-refractivity contribution in [1.29, 1.82) is 0 Å². The molecule has 3 N–H and O–H groups in total. The smallest absolute Gasteiger partial charge is 0.257 e. The Bertz CT molecular complexity index is 573. The Morgan fingerprint density at radius 3 is 2.80 bits per heavy atom. The molecule has 2 fully saturated rings. The number of rotatable bonds is 8. The minimum atomic E-state index is -3.49. The number of nitrogens with zero attached hydrogens (tertiary/aromatic N) is 1. The van der Waals surface area contributed by atoms with Crippen molar-refractivity contribution in [1.82, 2.24) is 20.2 Å². The predicted octanol–water partition coefficient (Wildman–Crippen LogP) is 0.988. The maximum absolute atomic E-state index is 12.4. The van der Waals surface area contributed by atoms with Gasteiger partial charge in [0.05, 0.1) is 6.20 Å². The summed E-state index contributed by atoms with van der Waals surface area (Å²) >= 11 is 0. The molecular formula is C13H22N4O2S. The van der Waals surface area contributed by atoms with Crippen LogP contribution in [0.15, 0.2) is 11.2 Å². The van der Waals surface area contributed by atoms with E-state index < -0.39 is 10.0 Å². The third-order valence-electron chi connectivity index (χ3n) is 4.46. The first kappa shape index (κ1) is 14.0. The molecule has 0 amide bonds. The van der Waals surface area contributed by atoms with Gasteiger partial charge in [0.2, 0.25) is 0 Å². The topological polar surface area (TPSA) is 86.9 Å². The van der Waals surface area contributed by atoms with Crippen LogP contribution in [0.25, 0.3) is 0 Å². The van der Waals surface area contributed by atoms with Gasteiger partial charge in [0, 0.05) is 18.7 Å². The van der Waals surface area contributed by atoms with Crippen LogP contribution in [0.2, 0.25) is 0 Å². The molecule has 0 aromatic carbocycles. The molecule has 6 nitrogen and oxygen atoms in total. The minimum Gasteiger partial charge on any atom is -0.313 e. The molecule has 2 aliphatic carbocycles. The van der Waals surface area contributed by atoms with Crippen LogP contribution >= 0.6 is 0 Å². The molecule has 7 heteroatoms. The molecule has 0 aliphatic heterocycles. The molecule has 0 unspecified atom stereocenters. The molecule has 1 aromatic rings. The van der Waals surface area contributed by atoms with E-state index in [0.717, 1.165) is 25.3 Å². The van der Waals surface area contributed by atoms with Gasteiger partial charge in [-0.1, -0.05) is 6.92 Å². The molecule has 0 radical (unpaired) electrons. The first-order valence-corrected chi connectivity index (χ1v) is 8.78. The fourth-order valence-electron chi connectivity index (χ4n) is 2.81. The quantitative estimate of drug-likeness (QED) is 0.668. The van der Waals surface area contributed by atoms with E-state index in [9.17, 15) is 8.42 Å². The molecule has 0 atom stereocenters. The van der Waals surface area contributed by atoms with Crippen LogP contribution in [0, 0.1) is 11.3 Å². The van der Waals surface area contributed by atoms with E-state index in [1.165, 1.54) is 12.8 Å². The summed E-state index contributed by atoms with van der Waals surface area (Å²) in [6, 6.07) is 0. The second kappa shape index (κ2) is 5.13.